The smallest absolute Gasteiger partial charge is 0.265 e. The second-order valence-electron chi connectivity index (χ2n) is 18.7. The van der Waals surface area contributed by atoms with Crippen molar-refractivity contribution in [1.82, 2.24) is 101 Å². The molecule has 0 spiro atoms. The van der Waals surface area contributed by atoms with Crippen LogP contribution in [0.3, 0.4) is 0 Å². The van der Waals surface area contributed by atoms with E-state index in [2.05, 4.69) is 45.5 Å². The van der Waals surface area contributed by atoms with Crippen LogP contribution in [0.15, 0.2) is 268 Å². The number of para-hydroxylation sites is 1. The van der Waals surface area contributed by atoms with Gasteiger partial charge in [-0.3, -0.25) is 37.4 Å². The summed E-state index contributed by atoms with van der Waals surface area (Å²) in [4.78, 5) is 82.4. The third-order valence-corrected chi connectivity index (χ3v) is 12.2. The highest BCUT2D eigenvalue weighted by Crippen LogP contribution is 2.05. The molecule has 102 heavy (non-hydrogen) atoms. The summed E-state index contributed by atoms with van der Waals surface area (Å²) in [6, 6.07) is 41.2. The Morgan fingerprint density at radius 3 is 0.931 bits per heavy atom. The van der Waals surface area contributed by atoms with E-state index in [1.807, 2.05) is 208 Å². The summed E-state index contributed by atoms with van der Waals surface area (Å²) in [5.41, 5.74) is 3.22. The van der Waals surface area contributed by atoms with Gasteiger partial charge in [-0.2, -0.15) is 49.3 Å². The molecule has 12 rings (SSSR count). The number of pyridine rings is 3. The maximum atomic E-state index is 11.8. The Morgan fingerprint density at radius 2 is 0.588 bits per heavy atom. The van der Waals surface area contributed by atoms with E-state index in [1.54, 1.807) is 141 Å². The van der Waals surface area contributed by atoms with Crippen LogP contribution >= 0.6 is 0 Å². The third-order valence-electron chi connectivity index (χ3n) is 12.2. The van der Waals surface area contributed by atoms with Gasteiger partial charge in [-0.05, 0) is 101 Å². The van der Waals surface area contributed by atoms with Gasteiger partial charge in [0, 0.05) is 62.0 Å². The molecule has 0 bridgehead atoms. The normalized spacial score (nSPS) is 10.2. The minimum Gasteiger partial charge on any atom is -0.265 e. The van der Waals surface area contributed by atoms with Crippen LogP contribution in [-0.4, -0.2) is 101 Å². The van der Waals surface area contributed by atoms with Crippen molar-refractivity contribution in [2.24, 2.45) is 0 Å². The first-order valence-corrected chi connectivity index (χ1v) is 33.5. The number of rotatable bonds is 14. The van der Waals surface area contributed by atoms with Crippen molar-refractivity contribution in [1.29, 1.82) is 0 Å². The average Bonchev–Trinajstić information content (AvgIpc) is 1.73. The molecule has 0 fully saturated rings. The maximum absolute atomic E-state index is 11.8. The molecule has 0 N–H and O–H groups in total. The Hall–Kier alpha value is -12.8. The summed E-state index contributed by atoms with van der Waals surface area (Å²) < 4.78 is 16.7. The van der Waals surface area contributed by atoms with Crippen LogP contribution in [0.5, 0.6) is 0 Å². The fourth-order valence-corrected chi connectivity index (χ4v) is 7.97. The molecule has 27 nitrogen and oxygen atoms in total. The van der Waals surface area contributed by atoms with Crippen molar-refractivity contribution in [3.63, 3.8) is 0 Å². The van der Waals surface area contributed by atoms with Crippen LogP contribution in [0.1, 0.15) is 122 Å². The Kier molecular flexibility index (Phi) is 42.2. The third kappa shape index (κ3) is 26.9. The zero-order valence-electron chi connectivity index (χ0n) is 61.2. The minimum absolute atomic E-state index is 0.123. The monoisotopic (exact) mass is 1390 g/mol. The predicted octanol–water partition coefficient (Wildman–Crippen LogP) is 12.6. The van der Waals surface area contributed by atoms with Gasteiger partial charge >= 0.3 is 34.1 Å². The predicted molar refractivity (Wildman–Crippen MR) is 412 cm³/mol. The molecule has 0 aliphatic heterocycles. The molecule has 0 saturated carbocycles. The molecular formula is C75H97N21O6. The van der Waals surface area contributed by atoms with Crippen molar-refractivity contribution in [2.45, 2.75) is 124 Å². The van der Waals surface area contributed by atoms with Crippen LogP contribution in [0.25, 0.3) is 60.1 Å². The molecule has 12 aromatic rings. The second-order valence-corrected chi connectivity index (χ2v) is 18.7. The van der Waals surface area contributed by atoms with Crippen LogP contribution in [0, 0.1) is 0 Å². The first-order valence-electron chi connectivity index (χ1n) is 33.5. The highest BCUT2D eigenvalue weighted by molar-refractivity contribution is 5.32. The summed E-state index contributed by atoms with van der Waals surface area (Å²) in [6.45, 7) is 32.1. The average molecular weight is 1390 g/mol. The van der Waals surface area contributed by atoms with E-state index in [0.717, 1.165) is 16.8 Å². The number of benzene rings is 3. The summed E-state index contributed by atoms with van der Waals surface area (Å²) in [7, 11) is 0. The van der Waals surface area contributed by atoms with Gasteiger partial charge in [-0.25, -0.2) is 43.1 Å². The van der Waals surface area contributed by atoms with Crippen LogP contribution in [-0.2, 0) is 13.1 Å². The summed E-state index contributed by atoms with van der Waals surface area (Å²) in [5, 5.41) is 24.0. The maximum Gasteiger partial charge on any atom is 0.356 e. The van der Waals surface area contributed by atoms with Gasteiger partial charge in [0.15, 0.2) is 5.82 Å². The van der Waals surface area contributed by atoms with E-state index in [1.165, 1.54) is 93.5 Å². The van der Waals surface area contributed by atoms with E-state index in [-0.39, 0.29) is 34.1 Å². The molecule has 538 valence electrons. The summed E-state index contributed by atoms with van der Waals surface area (Å²) in [5.74, 6) is 0.519. The topological polar surface area (TPSA) is 278 Å². The zero-order valence-corrected chi connectivity index (χ0v) is 61.2. The minimum atomic E-state index is -0.230. The fraction of sp³-hybridized carbons (Fsp3) is 0.240. The Balaban J connectivity index is 0.000000405. The molecule has 0 aliphatic rings. The highest BCUT2D eigenvalue weighted by Gasteiger charge is 2.09. The van der Waals surface area contributed by atoms with Gasteiger partial charge in [0.05, 0.1) is 36.3 Å². The quantitative estimate of drug-likeness (QED) is 0.0978. The molecule has 0 unspecified atom stereocenters. The van der Waals surface area contributed by atoms with Crippen molar-refractivity contribution in [3.8, 4) is 22.9 Å². The van der Waals surface area contributed by atoms with Gasteiger partial charge in [-0.15, -0.1) is 0 Å². The fourth-order valence-electron chi connectivity index (χ4n) is 7.97. The number of allylic oxidation sites excluding steroid dienone is 6. The SMILES string of the molecule is C/C=C\n1cnn(-c2ccccc2)c1=O.C/C=C\n1cnn(-c2ccccn2)c1=O.C/C=C\n1cnn(-c2cccnc2)c1=O.C/C=C\n1cnn(-c2ccncc2)c1=O.C/C=C\n1cnn(Cc2ccccc2)c1=O.C/C=C\n1cnn(Cc2ccccc2)c1=O.CC.CC.CC.CC.CC. The van der Waals surface area contributed by atoms with Crippen LogP contribution in [0.4, 0.5) is 0 Å². The van der Waals surface area contributed by atoms with Gasteiger partial charge in [-0.1, -0.05) is 191 Å². The molecule has 0 radical (unpaired) electrons. The lowest BCUT2D eigenvalue weighted by molar-refractivity contribution is 0.655. The molecular weight excluding hydrogens is 1290 g/mol. The van der Waals surface area contributed by atoms with Crippen molar-refractivity contribution >= 4 is 37.2 Å². The molecule has 9 heterocycles. The number of hydrogen-bond acceptors (Lipinski definition) is 15. The largest absolute Gasteiger partial charge is 0.356 e. The summed E-state index contributed by atoms with van der Waals surface area (Å²) in [6.07, 6.45) is 37.8. The Labute approximate surface area is 595 Å². The number of aromatic nitrogens is 21. The molecule has 9 aromatic heterocycles. The van der Waals surface area contributed by atoms with Gasteiger partial charge in [0.25, 0.3) is 0 Å². The lowest BCUT2D eigenvalue weighted by Crippen LogP contribution is -2.22. The van der Waals surface area contributed by atoms with E-state index in [9.17, 15) is 28.8 Å². The van der Waals surface area contributed by atoms with E-state index in [0.29, 0.717) is 30.3 Å². The van der Waals surface area contributed by atoms with E-state index in [4.69, 9.17) is 0 Å². The second kappa shape index (κ2) is 50.5. The van der Waals surface area contributed by atoms with Crippen LogP contribution in [0.2, 0.25) is 0 Å². The zero-order chi connectivity index (χ0) is 75.5. The van der Waals surface area contributed by atoms with Gasteiger partial charge in [0.1, 0.15) is 38.0 Å². The number of nitrogens with zero attached hydrogens (tertiary/aromatic N) is 21. The molecule has 0 saturated heterocycles. The Morgan fingerprint density at radius 1 is 0.284 bits per heavy atom. The molecule has 0 atom stereocenters. The first-order chi connectivity index (χ1) is 49.9. The highest BCUT2D eigenvalue weighted by atomic mass is 16.2. The molecule has 0 aliphatic carbocycles. The molecule has 3 aromatic carbocycles. The Bertz CT molecular complexity index is 4230. The summed E-state index contributed by atoms with van der Waals surface area (Å²) >= 11 is 0. The first kappa shape index (κ1) is 85.3. The lowest BCUT2D eigenvalue weighted by Gasteiger charge is -1.98. The molecule has 27 heteroatoms. The van der Waals surface area contributed by atoms with Gasteiger partial charge in [0.2, 0.25) is 0 Å². The van der Waals surface area contributed by atoms with Crippen molar-refractivity contribution < 1.29 is 0 Å². The number of hydrogen-bond donors (Lipinski definition) is 0. The standard InChI is InChI=1S/2C12H13N3O.C11H11N3O.3C10H10N4O.5C2H6/c2*1-2-8-14-10-13-15(12(14)16)9-11-6-4-3-5-7-11;1-2-8-13-9-12-14(11(13)15)10-6-4-3-5-7-10;1-2-7-13-8-12-14(10(13)15)9-3-5-11-6-4-9;1-2-7-13-8-12-14(10(13)15)9-5-3-4-6-11-9;1-2-6-13-8-12-14(10(13)15)9-4-3-5-11-7-9;5*1-2/h2*2-8,10H,9H2,1H3;2-9H,1H3;3*2-8H,1H3;5*1-2H3/b3*8-2-;2*7-2-;6-2-;;;;;. The van der Waals surface area contributed by atoms with Crippen LogP contribution < -0.4 is 34.1 Å². The molecule has 0 amide bonds. The lowest BCUT2D eigenvalue weighted by atomic mass is 10.2. The van der Waals surface area contributed by atoms with Gasteiger partial charge < -0.3 is 0 Å². The van der Waals surface area contributed by atoms with Crippen molar-refractivity contribution in [2.75, 3.05) is 0 Å². The van der Waals surface area contributed by atoms with Crippen molar-refractivity contribution in [3.05, 3.63) is 313 Å². The van der Waals surface area contributed by atoms with E-state index < -0.39 is 0 Å². The van der Waals surface area contributed by atoms with E-state index >= 15 is 0 Å².